The third-order valence-corrected chi connectivity index (χ3v) is 7.53. The summed E-state index contributed by atoms with van der Waals surface area (Å²) < 4.78 is 0. The Kier molecular flexibility index (Phi) is 6.22. The van der Waals surface area contributed by atoms with Gasteiger partial charge in [0, 0.05) is 22.8 Å². The van der Waals surface area contributed by atoms with Crippen molar-refractivity contribution in [2.24, 2.45) is 9.98 Å². The number of fused-ring (bicyclic) bond motifs is 7. The van der Waals surface area contributed by atoms with Gasteiger partial charge in [-0.2, -0.15) is 0 Å². The third-order valence-electron chi connectivity index (χ3n) is 7.53. The second kappa shape index (κ2) is 9.33. The number of aromatic amines is 1. The maximum Gasteiger partial charge on any atom is 0.0932 e. The molecule has 5 rings (SSSR count). The Morgan fingerprint density at radius 2 is 1.29 bits per heavy atom. The molecule has 5 heterocycles. The van der Waals surface area contributed by atoms with Crippen molar-refractivity contribution >= 4 is 23.6 Å². The van der Waals surface area contributed by atoms with E-state index in [0.29, 0.717) is 0 Å². The van der Waals surface area contributed by atoms with Crippen LogP contribution in [0.25, 0.3) is 12.2 Å². The predicted octanol–water partition coefficient (Wildman–Crippen LogP) is 7.51. The van der Waals surface area contributed by atoms with Gasteiger partial charge in [-0.3, -0.25) is 0 Å². The maximum atomic E-state index is 5.24. The highest BCUT2D eigenvalue weighted by molar-refractivity contribution is 6.55. The molecule has 0 saturated heterocycles. The largest absolute Gasteiger partial charge is 0.355 e. The molecule has 0 atom stereocenters. The van der Waals surface area contributed by atoms with E-state index >= 15 is 0 Å². The summed E-state index contributed by atoms with van der Waals surface area (Å²) in [5.41, 5.74) is 16.7. The zero-order valence-electron chi connectivity index (χ0n) is 21.9. The van der Waals surface area contributed by atoms with Gasteiger partial charge in [-0.1, -0.05) is 40.7 Å². The lowest BCUT2D eigenvalue weighted by molar-refractivity contribution is 1.01. The van der Waals surface area contributed by atoms with E-state index in [1.165, 1.54) is 44.8 Å². The van der Waals surface area contributed by atoms with Gasteiger partial charge in [0.2, 0.25) is 0 Å². The van der Waals surface area contributed by atoms with Crippen LogP contribution < -0.4 is 5.32 Å². The van der Waals surface area contributed by atoms with Crippen LogP contribution >= 0.6 is 0 Å². The van der Waals surface area contributed by atoms with Crippen LogP contribution in [-0.4, -0.2) is 16.4 Å². The minimum atomic E-state index is 0.948. The second-order valence-corrected chi connectivity index (χ2v) is 9.42. The summed E-state index contributed by atoms with van der Waals surface area (Å²) in [6.45, 7) is 13.4. The molecule has 4 heteroatoms. The van der Waals surface area contributed by atoms with Crippen LogP contribution in [0.1, 0.15) is 83.3 Å². The lowest BCUT2D eigenvalue weighted by Gasteiger charge is -2.13. The van der Waals surface area contributed by atoms with E-state index in [2.05, 4.69) is 88.3 Å². The normalized spacial score (nSPS) is 18.9. The summed E-state index contributed by atoms with van der Waals surface area (Å²) in [5.74, 6) is 0. The van der Waals surface area contributed by atoms with Crippen LogP contribution in [0, 0.1) is 0 Å². The number of hydrogen-bond acceptors (Lipinski definition) is 3. The van der Waals surface area contributed by atoms with Crippen molar-refractivity contribution in [1.82, 2.24) is 10.3 Å². The number of hydrogen-bond donors (Lipinski definition) is 2. The maximum absolute atomic E-state index is 5.24. The van der Waals surface area contributed by atoms with Crippen molar-refractivity contribution in [3.63, 3.8) is 0 Å². The molecule has 0 aliphatic carbocycles. The molecule has 8 bridgehead atoms. The number of nitrogens with zero attached hydrogens (tertiary/aromatic N) is 2. The average Bonchev–Trinajstić information content (AvgIpc) is 3.48. The smallest absolute Gasteiger partial charge is 0.0932 e. The van der Waals surface area contributed by atoms with Crippen molar-refractivity contribution in [1.29, 1.82) is 0 Å². The zero-order valence-corrected chi connectivity index (χ0v) is 21.9. The highest BCUT2D eigenvalue weighted by atomic mass is 14.9. The van der Waals surface area contributed by atoms with Crippen molar-refractivity contribution < 1.29 is 0 Å². The first-order chi connectivity index (χ1) is 17.0. The molecule has 0 unspecified atom stereocenters. The van der Waals surface area contributed by atoms with Crippen LogP contribution in [0.15, 0.2) is 79.4 Å². The average molecular weight is 465 g/mol. The van der Waals surface area contributed by atoms with E-state index in [1.807, 2.05) is 0 Å². The van der Waals surface area contributed by atoms with E-state index in [-0.39, 0.29) is 0 Å². The molecule has 35 heavy (non-hydrogen) atoms. The van der Waals surface area contributed by atoms with E-state index in [4.69, 9.17) is 9.98 Å². The topological polar surface area (TPSA) is 52.5 Å². The number of dihydropyridines is 1. The van der Waals surface area contributed by atoms with Gasteiger partial charge in [0.05, 0.1) is 22.8 Å². The molecular weight excluding hydrogens is 428 g/mol. The monoisotopic (exact) mass is 464 g/mol. The molecule has 0 spiro atoms. The van der Waals surface area contributed by atoms with Gasteiger partial charge in [0.1, 0.15) is 0 Å². The highest BCUT2D eigenvalue weighted by Gasteiger charge is 2.31. The summed E-state index contributed by atoms with van der Waals surface area (Å²) in [7, 11) is 0. The van der Waals surface area contributed by atoms with Gasteiger partial charge in [0.15, 0.2) is 0 Å². The number of nitrogens with one attached hydrogen (secondary N) is 2. The van der Waals surface area contributed by atoms with Gasteiger partial charge in [0.25, 0.3) is 0 Å². The summed E-state index contributed by atoms with van der Waals surface area (Å²) >= 11 is 0. The summed E-state index contributed by atoms with van der Waals surface area (Å²) in [6, 6.07) is 0. The van der Waals surface area contributed by atoms with Crippen LogP contribution in [0.5, 0.6) is 0 Å². The minimum absolute atomic E-state index is 0.948. The SMILES string of the molecule is CCC1=C(C)C2=NC1=Cc1[nH]c(c(CC)c1CC)C=C1C=CC=C(C=C3N=C2C(CC)=C3CC)N1. The molecule has 1 aromatic rings. The summed E-state index contributed by atoms with van der Waals surface area (Å²) in [4.78, 5) is 14.2. The Morgan fingerprint density at radius 1 is 0.657 bits per heavy atom. The first-order valence-corrected chi connectivity index (χ1v) is 13.2. The molecule has 0 saturated carbocycles. The number of allylic oxidation sites excluding steroid dienone is 8. The first kappa shape index (κ1) is 23.3. The Balaban J connectivity index is 1.82. The molecule has 180 valence electrons. The van der Waals surface area contributed by atoms with E-state index in [0.717, 1.165) is 66.3 Å². The van der Waals surface area contributed by atoms with Crippen molar-refractivity contribution in [2.45, 2.75) is 73.6 Å². The molecular formula is C31H36N4. The zero-order chi connectivity index (χ0) is 24.7. The van der Waals surface area contributed by atoms with Crippen molar-refractivity contribution in [3.05, 3.63) is 91.9 Å². The Hall–Kier alpha value is -3.40. The van der Waals surface area contributed by atoms with Gasteiger partial charge < -0.3 is 10.3 Å². The third kappa shape index (κ3) is 3.85. The van der Waals surface area contributed by atoms with Gasteiger partial charge in [-0.05, 0) is 103 Å². The number of H-pyrrole nitrogens is 1. The number of aromatic nitrogens is 1. The fraction of sp³-hybridized carbons (Fsp3) is 0.355. The standard InChI is InChI=1S/C31H36N4/c1-7-21-18(6)30-31-25(11-5)24(10-4)27(35-31)16-20-14-12-13-19(32-20)15-26-22(8-2)23(9-3)29(33-26)17-28(21)34-30/h12-17,32-33H,7-11H2,1-6H3. The fourth-order valence-electron chi connectivity index (χ4n) is 5.84. The minimum Gasteiger partial charge on any atom is -0.355 e. The van der Waals surface area contributed by atoms with Crippen LogP contribution in [0.4, 0.5) is 0 Å². The van der Waals surface area contributed by atoms with Crippen LogP contribution in [0.3, 0.4) is 0 Å². The van der Waals surface area contributed by atoms with Gasteiger partial charge in [-0.25, -0.2) is 9.98 Å². The van der Waals surface area contributed by atoms with Gasteiger partial charge in [-0.15, -0.1) is 0 Å². The van der Waals surface area contributed by atoms with Crippen molar-refractivity contribution in [2.75, 3.05) is 0 Å². The van der Waals surface area contributed by atoms with E-state index in [1.54, 1.807) is 0 Å². The lowest BCUT2D eigenvalue weighted by Crippen LogP contribution is -2.15. The Bertz CT molecular complexity index is 1370. The van der Waals surface area contributed by atoms with Crippen LogP contribution in [0.2, 0.25) is 0 Å². The lowest BCUT2D eigenvalue weighted by atomic mass is 9.93. The quantitative estimate of drug-likeness (QED) is 0.465. The Morgan fingerprint density at radius 3 is 1.94 bits per heavy atom. The highest BCUT2D eigenvalue weighted by Crippen LogP contribution is 2.38. The molecule has 1 aromatic heterocycles. The van der Waals surface area contributed by atoms with Crippen molar-refractivity contribution in [3.8, 4) is 0 Å². The molecule has 0 amide bonds. The van der Waals surface area contributed by atoms with Crippen LogP contribution in [-0.2, 0) is 12.8 Å². The molecule has 0 radical (unpaired) electrons. The molecule has 0 fully saturated rings. The number of rotatable bonds is 5. The van der Waals surface area contributed by atoms with E-state index in [9.17, 15) is 0 Å². The van der Waals surface area contributed by atoms with E-state index < -0.39 is 0 Å². The number of aliphatic imine (C=N–C) groups is 2. The summed E-state index contributed by atoms with van der Waals surface area (Å²) in [6.07, 6.45) is 17.9. The molecule has 4 aliphatic heterocycles. The molecule has 0 aromatic carbocycles. The molecule has 4 nitrogen and oxygen atoms in total. The predicted molar refractivity (Wildman–Crippen MR) is 149 cm³/mol. The second-order valence-electron chi connectivity index (χ2n) is 9.42. The molecule has 2 N–H and O–H groups in total. The summed E-state index contributed by atoms with van der Waals surface area (Å²) in [5, 5.41) is 3.62. The first-order valence-electron chi connectivity index (χ1n) is 13.2. The molecule has 4 aliphatic rings. The Labute approximate surface area is 209 Å². The van der Waals surface area contributed by atoms with Gasteiger partial charge >= 0.3 is 0 Å². The fourth-order valence-corrected chi connectivity index (χ4v) is 5.84.